The molecule has 0 spiro atoms. The summed E-state index contributed by atoms with van der Waals surface area (Å²) in [5.41, 5.74) is 7.72. The molecule has 0 saturated heterocycles. The number of sulfonamides is 1. The number of anilines is 1. The molecule has 170 valence electrons. The molecule has 1 atom stereocenters. The van der Waals surface area contributed by atoms with Gasteiger partial charge in [-0.3, -0.25) is 4.31 Å². The summed E-state index contributed by atoms with van der Waals surface area (Å²) >= 11 is 3.38. The van der Waals surface area contributed by atoms with E-state index in [2.05, 4.69) is 15.9 Å². The van der Waals surface area contributed by atoms with Crippen molar-refractivity contribution in [2.45, 2.75) is 12.5 Å². The van der Waals surface area contributed by atoms with Gasteiger partial charge in [0.2, 0.25) is 5.88 Å². The standard InChI is InChI=1S/C25H17BrFN3O3S/c26-17-11-9-15(10-12-17)22-19(13-28)25(29)33-23-18-6-2-4-8-21(18)30(34(31,32)24(22)23)14-16-5-1-3-7-20(16)27/h1-12,22H,14,29H2/t22-/m1/s1. The SMILES string of the molecule is N#CC1=C(N)OC2=C([C@@H]1c1ccc(Br)cc1)S(=O)(=O)N(Cc1ccccc1F)c1ccccc12. The zero-order valence-corrected chi connectivity index (χ0v) is 20.0. The molecule has 0 unspecified atom stereocenters. The third-order valence-electron chi connectivity index (χ3n) is 5.83. The highest BCUT2D eigenvalue weighted by Gasteiger charge is 2.47. The van der Waals surface area contributed by atoms with Gasteiger partial charge in [0.15, 0.2) is 5.76 Å². The molecule has 2 aliphatic rings. The summed E-state index contributed by atoms with van der Waals surface area (Å²) in [6.07, 6.45) is 0. The van der Waals surface area contributed by atoms with E-state index in [-0.39, 0.29) is 34.2 Å². The van der Waals surface area contributed by atoms with E-state index in [1.54, 1.807) is 66.7 Å². The van der Waals surface area contributed by atoms with Crippen molar-refractivity contribution in [2.24, 2.45) is 5.73 Å². The van der Waals surface area contributed by atoms with Crippen LogP contribution in [0.2, 0.25) is 0 Å². The summed E-state index contributed by atoms with van der Waals surface area (Å²) in [6.45, 7) is -0.225. The van der Waals surface area contributed by atoms with Crippen LogP contribution in [0.1, 0.15) is 22.6 Å². The van der Waals surface area contributed by atoms with Crippen LogP contribution in [0.3, 0.4) is 0 Å². The molecular weight excluding hydrogens is 521 g/mol. The number of nitrogens with zero attached hydrogens (tertiary/aromatic N) is 2. The van der Waals surface area contributed by atoms with Crippen LogP contribution in [0.4, 0.5) is 10.1 Å². The van der Waals surface area contributed by atoms with Crippen LogP contribution in [-0.2, 0) is 21.3 Å². The van der Waals surface area contributed by atoms with E-state index in [1.807, 2.05) is 6.07 Å². The van der Waals surface area contributed by atoms with Gasteiger partial charge in [0.1, 0.15) is 22.4 Å². The molecule has 0 bridgehead atoms. The number of benzene rings is 3. The van der Waals surface area contributed by atoms with E-state index in [9.17, 15) is 18.1 Å². The normalized spacial score (nSPS) is 18.6. The van der Waals surface area contributed by atoms with Gasteiger partial charge >= 0.3 is 0 Å². The van der Waals surface area contributed by atoms with Gasteiger partial charge in [-0.05, 0) is 35.9 Å². The second-order valence-electron chi connectivity index (χ2n) is 7.79. The minimum Gasteiger partial charge on any atom is -0.439 e. The van der Waals surface area contributed by atoms with Gasteiger partial charge in [-0.2, -0.15) is 5.26 Å². The summed E-state index contributed by atoms with van der Waals surface area (Å²) in [5, 5.41) is 9.88. The minimum atomic E-state index is -4.26. The predicted octanol–water partition coefficient (Wildman–Crippen LogP) is 5.11. The molecule has 0 saturated carbocycles. The van der Waals surface area contributed by atoms with Gasteiger partial charge < -0.3 is 10.5 Å². The second kappa shape index (κ2) is 8.31. The van der Waals surface area contributed by atoms with E-state index in [1.165, 1.54) is 6.07 Å². The second-order valence-corrected chi connectivity index (χ2v) is 10.5. The van der Waals surface area contributed by atoms with Crippen molar-refractivity contribution < 1.29 is 17.5 Å². The summed E-state index contributed by atoms with van der Waals surface area (Å²) in [7, 11) is -4.26. The van der Waals surface area contributed by atoms with Crippen molar-refractivity contribution in [2.75, 3.05) is 4.31 Å². The Morgan fingerprint density at radius 3 is 2.44 bits per heavy atom. The monoisotopic (exact) mass is 537 g/mol. The van der Waals surface area contributed by atoms with E-state index >= 15 is 0 Å². The Kier molecular flexibility index (Phi) is 5.42. The summed E-state index contributed by atoms with van der Waals surface area (Å²) < 4.78 is 50.5. The molecule has 0 radical (unpaired) electrons. The third-order valence-corrected chi connectivity index (χ3v) is 8.24. The van der Waals surface area contributed by atoms with E-state index in [0.29, 0.717) is 16.8 Å². The molecule has 2 heterocycles. The molecule has 0 aliphatic carbocycles. The Labute approximate surface area is 204 Å². The minimum absolute atomic E-state index is 0.00475. The number of halogens is 2. The highest BCUT2D eigenvalue weighted by Crippen LogP contribution is 2.51. The van der Waals surface area contributed by atoms with Crippen LogP contribution in [0.5, 0.6) is 0 Å². The van der Waals surface area contributed by atoms with Crippen molar-refractivity contribution in [3.05, 3.63) is 116 Å². The maximum atomic E-state index is 14.5. The van der Waals surface area contributed by atoms with Crippen molar-refractivity contribution in [3.63, 3.8) is 0 Å². The Morgan fingerprint density at radius 2 is 1.74 bits per heavy atom. The van der Waals surface area contributed by atoms with E-state index in [4.69, 9.17) is 10.5 Å². The maximum absolute atomic E-state index is 14.5. The number of hydrogen-bond acceptors (Lipinski definition) is 5. The molecule has 0 amide bonds. The van der Waals surface area contributed by atoms with Gasteiger partial charge in [0, 0.05) is 15.6 Å². The van der Waals surface area contributed by atoms with Crippen LogP contribution >= 0.6 is 15.9 Å². The molecule has 2 aliphatic heterocycles. The van der Waals surface area contributed by atoms with Crippen LogP contribution in [0.15, 0.2) is 93.6 Å². The van der Waals surface area contributed by atoms with Crippen LogP contribution in [-0.4, -0.2) is 8.42 Å². The predicted molar refractivity (Wildman–Crippen MR) is 130 cm³/mol. The van der Waals surface area contributed by atoms with E-state index < -0.39 is 21.8 Å². The molecule has 6 nitrogen and oxygen atoms in total. The van der Waals surface area contributed by atoms with Gasteiger partial charge in [0.25, 0.3) is 10.0 Å². The molecule has 0 fully saturated rings. The average Bonchev–Trinajstić information content (AvgIpc) is 2.82. The number of rotatable bonds is 3. The summed E-state index contributed by atoms with van der Waals surface area (Å²) in [6, 6.07) is 21.8. The number of ether oxygens (including phenoxy) is 1. The molecule has 34 heavy (non-hydrogen) atoms. The van der Waals surface area contributed by atoms with Crippen molar-refractivity contribution in [3.8, 4) is 6.07 Å². The van der Waals surface area contributed by atoms with Gasteiger partial charge in [-0.1, -0.05) is 58.4 Å². The smallest absolute Gasteiger partial charge is 0.265 e. The highest BCUT2D eigenvalue weighted by molar-refractivity contribution is 9.10. The lowest BCUT2D eigenvalue weighted by Crippen LogP contribution is -2.39. The van der Waals surface area contributed by atoms with Gasteiger partial charge in [-0.25, -0.2) is 12.8 Å². The largest absolute Gasteiger partial charge is 0.439 e. The number of hydrogen-bond donors (Lipinski definition) is 1. The Morgan fingerprint density at radius 1 is 1.06 bits per heavy atom. The van der Waals surface area contributed by atoms with Crippen molar-refractivity contribution >= 4 is 37.4 Å². The molecule has 9 heteroatoms. The van der Waals surface area contributed by atoms with Crippen molar-refractivity contribution in [1.82, 2.24) is 0 Å². The molecule has 3 aromatic rings. The first-order valence-electron chi connectivity index (χ1n) is 10.3. The number of para-hydroxylation sites is 1. The molecule has 2 N–H and O–H groups in total. The Bertz CT molecular complexity index is 1530. The third kappa shape index (κ3) is 3.47. The first-order chi connectivity index (χ1) is 16.3. The summed E-state index contributed by atoms with van der Waals surface area (Å²) in [5.74, 6) is -1.57. The fourth-order valence-electron chi connectivity index (χ4n) is 4.25. The summed E-state index contributed by atoms with van der Waals surface area (Å²) in [4.78, 5) is -0.101. The lowest BCUT2D eigenvalue weighted by molar-refractivity contribution is 0.357. The first-order valence-corrected chi connectivity index (χ1v) is 12.5. The average molecular weight is 538 g/mol. The van der Waals surface area contributed by atoms with Gasteiger partial charge in [0.05, 0.1) is 18.2 Å². The maximum Gasteiger partial charge on any atom is 0.265 e. The molecule has 0 aromatic heterocycles. The first kappa shape index (κ1) is 22.2. The fourth-order valence-corrected chi connectivity index (χ4v) is 6.42. The lowest BCUT2D eigenvalue weighted by Gasteiger charge is -2.38. The number of fused-ring (bicyclic) bond motifs is 2. The van der Waals surface area contributed by atoms with Crippen LogP contribution < -0.4 is 10.0 Å². The topological polar surface area (TPSA) is 96.4 Å². The number of nitrogens with two attached hydrogens (primary N) is 1. The number of allylic oxidation sites excluding steroid dienone is 2. The molecule has 3 aromatic carbocycles. The Balaban J connectivity index is 1.77. The molecular formula is C25H17BrFN3O3S. The zero-order chi connectivity index (χ0) is 24.0. The van der Waals surface area contributed by atoms with Crippen LogP contribution in [0, 0.1) is 17.1 Å². The fraction of sp³-hybridized carbons (Fsp3) is 0.0800. The number of nitriles is 1. The van der Waals surface area contributed by atoms with E-state index in [0.717, 1.165) is 8.78 Å². The highest BCUT2D eigenvalue weighted by atomic mass is 79.9. The van der Waals surface area contributed by atoms with Crippen molar-refractivity contribution in [1.29, 1.82) is 5.26 Å². The molecule has 5 rings (SSSR count). The quantitative estimate of drug-likeness (QED) is 0.500. The zero-order valence-electron chi connectivity index (χ0n) is 17.6. The lowest BCUT2D eigenvalue weighted by atomic mass is 9.88. The van der Waals surface area contributed by atoms with Crippen LogP contribution in [0.25, 0.3) is 5.76 Å². The Hall–Kier alpha value is -3.61. The van der Waals surface area contributed by atoms with Gasteiger partial charge in [-0.15, -0.1) is 0 Å².